The molecule has 0 spiro atoms. The van der Waals surface area contributed by atoms with Gasteiger partial charge in [-0.1, -0.05) is 21.8 Å². The average Bonchev–Trinajstić information content (AvgIpc) is 1.69. The summed E-state index contributed by atoms with van der Waals surface area (Å²) in [5.74, 6) is 3.89. The monoisotopic (exact) mass is 168 g/mol. The van der Waals surface area contributed by atoms with Crippen molar-refractivity contribution in [1.29, 1.82) is 0 Å². The molecule has 0 aromatic carbocycles. The molecule has 0 nitrogen and oxygen atoms in total. The Labute approximate surface area is 69.2 Å². The summed E-state index contributed by atoms with van der Waals surface area (Å²) >= 11 is 3.93. The molecule has 0 heterocycles. The molecule has 0 unspecified atom stereocenters. The van der Waals surface area contributed by atoms with Crippen LogP contribution in [0.25, 0.3) is 0 Å². The first-order chi connectivity index (χ1) is 3.41. The summed E-state index contributed by atoms with van der Waals surface area (Å²) in [6.45, 7) is 2.20. The highest BCUT2D eigenvalue weighted by Crippen LogP contribution is 2.01. The zero-order valence-electron chi connectivity index (χ0n) is 4.94. The molecule has 0 aromatic heterocycles. The summed E-state index contributed by atoms with van der Waals surface area (Å²) in [5, 5.41) is 0. The minimum absolute atomic E-state index is 0. The van der Waals surface area contributed by atoms with E-state index in [1.807, 2.05) is 23.5 Å². The highest BCUT2D eigenvalue weighted by Gasteiger charge is 1.80. The molecular weight excluding hydrogens is 148 g/mol. The predicted octanol–water partition coefficient (Wildman–Crippen LogP) is 3.37. The van der Waals surface area contributed by atoms with Crippen LogP contribution < -0.4 is 0 Å². The zero-order valence-corrected chi connectivity index (χ0v) is 6.57. The lowest BCUT2D eigenvalue weighted by Crippen LogP contribution is -1.80. The quantitative estimate of drug-likeness (QED) is 0.590. The second-order valence-corrected chi connectivity index (χ2v) is 3.57. The van der Waals surface area contributed by atoms with Gasteiger partial charge in [0.2, 0.25) is 0 Å². The van der Waals surface area contributed by atoms with Crippen LogP contribution in [0.3, 0.4) is 0 Å². The van der Waals surface area contributed by atoms with Crippen molar-refractivity contribution in [3.8, 4) is 0 Å². The fraction of sp³-hybridized carbons (Fsp3) is 1.00. The molecule has 60 valence electrons. The molecule has 0 aromatic rings. The van der Waals surface area contributed by atoms with E-state index in [0.29, 0.717) is 0 Å². The van der Waals surface area contributed by atoms with E-state index in [1.165, 1.54) is 17.3 Å². The van der Waals surface area contributed by atoms with Crippen molar-refractivity contribution in [3.63, 3.8) is 0 Å². The standard InChI is InChI=1S/C5H12S2.2CH4/c1-3-7-5-4-6-2;;/h3-5H2,1-2H3;2*1H4. The zero-order chi connectivity index (χ0) is 5.54. The number of hydrogen-bond acceptors (Lipinski definition) is 2. The topological polar surface area (TPSA) is 0 Å². The van der Waals surface area contributed by atoms with E-state index in [4.69, 9.17) is 0 Å². The maximum Gasteiger partial charge on any atom is 0.00233 e. The van der Waals surface area contributed by atoms with Gasteiger partial charge in [-0.3, -0.25) is 0 Å². The van der Waals surface area contributed by atoms with Crippen LogP contribution in [0.15, 0.2) is 0 Å². The van der Waals surface area contributed by atoms with Gasteiger partial charge in [-0.15, -0.1) is 0 Å². The molecule has 0 N–H and O–H groups in total. The molecule has 0 amide bonds. The predicted molar refractivity (Wildman–Crippen MR) is 54.8 cm³/mol. The summed E-state index contributed by atoms with van der Waals surface area (Å²) in [4.78, 5) is 0. The highest BCUT2D eigenvalue weighted by atomic mass is 32.2. The molecule has 2 heteroatoms. The third-order valence-corrected chi connectivity index (χ3v) is 2.41. The summed E-state index contributed by atoms with van der Waals surface area (Å²) < 4.78 is 0. The largest absolute Gasteiger partial charge is 0.165 e. The average molecular weight is 168 g/mol. The smallest absolute Gasteiger partial charge is 0.00233 e. The molecule has 0 radical (unpaired) electrons. The maximum atomic E-state index is 2.20. The van der Waals surface area contributed by atoms with E-state index >= 15 is 0 Å². The third kappa shape index (κ3) is 17.7. The number of hydrogen-bond donors (Lipinski definition) is 0. The molecule has 0 aliphatic rings. The van der Waals surface area contributed by atoms with E-state index in [2.05, 4.69) is 13.2 Å². The van der Waals surface area contributed by atoms with Crippen LogP contribution in [0.2, 0.25) is 0 Å². The van der Waals surface area contributed by atoms with Crippen LogP contribution in [0.1, 0.15) is 21.8 Å². The van der Waals surface area contributed by atoms with E-state index in [1.54, 1.807) is 0 Å². The Morgan fingerprint density at radius 1 is 1.11 bits per heavy atom. The van der Waals surface area contributed by atoms with Gasteiger partial charge in [0.15, 0.2) is 0 Å². The summed E-state index contributed by atoms with van der Waals surface area (Å²) in [6.07, 6.45) is 2.15. The van der Waals surface area contributed by atoms with Crippen molar-refractivity contribution in [2.45, 2.75) is 21.8 Å². The Kier molecular flexibility index (Phi) is 28.9. The summed E-state index contributed by atoms with van der Waals surface area (Å²) in [6, 6.07) is 0. The lowest BCUT2D eigenvalue weighted by Gasteiger charge is -1.91. The normalized spacial score (nSPS) is 7.33. The van der Waals surface area contributed by atoms with Gasteiger partial charge in [-0.25, -0.2) is 0 Å². The Hall–Kier alpha value is 0.700. The van der Waals surface area contributed by atoms with Crippen LogP contribution in [0, 0.1) is 0 Å². The van der Waals surface area contributed by atoms with E-state index < -0.39 is 0 Å². The van der Waals surface area contributed by atoms with Crippen molar-refractivity contribution in [1.82, 2.24) is 0 Å². The summed E-state index contributed by atoms with van der Waals surface area (Å²) in [7, 11) is 0. The fourth-order valence-corrected chi connectivity index (χ4v) is 1.71. The van der Waals surface area contributed by atoms with Gasteiger partial charge in [-0.2, -0.15) is 23.5 Å². The number of rotatable bonds is 4. The van der Waals surface area contributed by atoms with Crippen LogP contribution in [0.5, 0.6) is 0 Å². The molecule has 0 atom stereocenters. The van der Waals surface area contributed by atoms with Crippen molar-refractivity contribution < 1.29 is 0 Å². The SMILES string of the molecule is C.C.CCSCCSC. The molecule has 0 fully saturated rings. The van der Waals surface area contributed by atoms with Gasteiger partial charge in [0.05, 0.1) is 0 Å². The molecule has 0 bridgehead atoms. The van der Waals surface area contributed by atoms with Gasteiger partial charge in [0, 0.05) is 11.5 Å². The fourth-order valence-electron chi connectivity index (χ4n) is 0.287. The van der Waals surface area contributed by atoms with Gasteiger partial charge in [-0.05, 0) is 12.0 Å². The molecule has 0 aliphatic heterocycles. The molecule has 0 aliphatic carbocycles. The Bertz CT molecular complexity index is 26.1. The minimum atomic E-state index is 0. The second kappa shape index (κ2) is 15.9. The highest BCUT2D eigenvalue weighted by molar-refractivity contribution is 8.02. The van der Waals surface area contributed by atoms with Crippen molar-refractivity contribution in [2.75, 3.05) is 23.5 Å². The van der Waals surface area contributed by atoms with E-state index in [0.717, 1.165) is 0 Å². The van der Waals surface area contributed by atoms with Crippen molar-refractivity contribution in [2.24, 2.45) is 0 Å². The van der Waals surface area contributed by atoms with Crippen LogP contribution >= 0.6 is 23.5 Å². The first-order valence-corrected chi connectivity index (χ1v) is 5.03. The third-order valence-electron chi connectivity index (χ3n) is 0.636. The minimum Gasteiger partial charge on any atom is -0.165 e. The van der Waals surface area contributed by atoms with Crippen molar-refractivity contribution >= 4 is 23.5 Å². The van der Waals surface area contributed by atoms with Crippen LogP contribution in [-0.2, 0) is 0 Å². The number of thioether (sulfide) groups is 2. The summed E-state index contributed by atoms with van der Waals surface area (Å²) in [5.41, 5.74) is 0. The molecule has 0 rings (SSSR count). The van der Waals surface area contributed by atoms with Crippen molar-refractivity contribution in [3.05, 3.63) is 0 Å². The van der Waals surface area contributed by atoms with Gasteiger partial charge >= 0.3 is 0 Å². The maximum absolute atomic E-state index is 2.20. The lowest BCUT2D eigenvalue weighted by molar-refractivity contribution is 1.48. The lowest BCUT2D eigenvalue weighted by atomic mass is 10.9. The Morgan fingerprint density at radius 3 is 2.00 bits per heavy atom. The molecular formula is C7H20S2. The first-order valence-electron chi connectivity index (χ1n) is 2.48. The second-order valence-electron chi connectivity index (χ2n) is 1.19. The molecule has 0 saturated carbocycles. The van der Waals surface area contributed by atoms with Crippen LogP contribution in [-0.4, -0.2) is 23.5 Å². The molecule has 0 saturated heterocycles. The Balaban J connectivity index is -0.000000180. The molecule has 9 heavy (non-hydrogen) atoms. The van der Waals surface area contributed by atoms with E-state index in [9.17, 15) is 0 Å². The van der Waals surface area contributed by atoms with Crippen LogP contribution in [0.4, 0.5) is 0 Å². The first kappa shape index (κ1) is 16.4. The van der Waals surface area contributed by atoms with Gasteiger partial charge in [0.1, 0.15) is 0 Å². The Morgan fingerprint density at radius 2 is 1.67 bits per heavy atom. The van der Waals surface area contributed by atoms with Gasteiger partial charge in [0.25, 0.3) is 0 Å². The van der Waals surface area contributed by atoms with Gasteiger partial charge < -0.3 is 0 Å². The van der Waals surface area contributed by atoms with E-state index in [-0.39, 0.29) is 14.9 Å².